The van der Waals surface area contributed by atoms with Crippen LogP contribution in [0.5, 0.6) is 5.75 Å². The summed E-state index contributed by atoms with van der Waals surface area (Å²) in [6.45, 7) is 0.158. The van der Waals surface area contributed by atoms with Crippen LogP contribution in [0.2, 0.25) is 0 Å². The van der Waals surface area contributed by atoms with Gasteiger partial charge in [-0.25, -0.2) is 14.1 Å². The lowest BCUT2D eigenvalue weighted by molar-refractivity contribution is -0.120. The van der Waals surface area contributed by atoms with E-state index in [9.17, 15) is 18.8 Å². The van der Waals surface area contributed by atoms with Gasteiger partial charge in [-0.15, -0.1) is 0 Å². The number of methoxy groups -OCH3 is 1. The quantitative estimate of drug-likeness (QED) is 0.253. The van der Waals surface area contributed by atoms with Gasteiger partial charge in [0, 0.05) is 29.6 Å². The number of aromatic nitrogens is 1. The predicted molar refractivity (Wildman–Crippen MR) is 159 cm³/mol. The number of hydrogen-bond acceptors (Lipinski definition) is 4. The van der Waals surface area contributed by atoms with Crippen LogP contribution in [0.25, 0.3) is 10.9 Å². The third-order valence-corrected chi connectivity index (χ3v) is 8.24. The summed E-state index contributed by atoms with van der Waals surface area (Å²) < 4.78 is 18.7. The number of anilines is 1. The van der Waals surface area contributed by atoms with E-state index in [4.69, 9.17) is 4.74 Å². The second-order valence-electron chi connectivity index (χ2n) is 10.6. The van der Waals surface area contributed by atoms with E-state index in [0.29, 0.717) is 17.7 Å². The zero-order chi connectivity index (χ0) is 29.7. The van der Waals surface area contributed by atoms with Crippen molar-refractivity contribution in [2.75, 3.05) is 12.0 Å². The molecule has 0 radical (unpaired) electrons. The van der Waals surface area contributed by atoms with Gasteiger partial charge in [-0.1, -0.05) is 54.6 Å². The van der Waals surface area contributed by atoms with E-state index in [0.717, 1.165) is 32.6 Å². The first-order valence-electron chi connectivity index (χ1n) is 14.0. The maximum Gasteiger partial charge on any atom is 0.332 e. The number of H-pyrrole nitrogens is 1. The van der Waals surface area contributed by atoms with Crippen LogP contribution in [0.3, 0.4) is 0 Å². The van der Waals surface area contributed by atoms with E-state index >= 15 is 0 Å². The van der Waals surface area contributed by atoms with Crippen molar-refractivity contribution in [1.82, 2.24) is 15.2 Å². The van der Waals surface area contributed by atoms with Gasteiger partial charge in [0.15, 0.2) is 0 Å². The summed E-state index contributed by atoms with van der Waals surface area (Å²) in [6, 6.07) is 26.0. The molecule has 2 aliphatic heterocycles. The van der Waals surface area contributed by atoms with Gasteiger partial charge < -0.3 is 15.0 Å². The number of carbonyl (C=O) groups is 3. The van der Waals surface area contributed by atoms with Crippen molar-refractivity contribution in [1.29, 1.82) is 0 Å². The maximum absolute atomic E-state index is 14.3. The number of benzene rings is 4. The van der Waals surface area contributed by atoms with E-state index in [1.54, 1.807) is 48.4 Å². The molecule has 43 heavy (non-hydrogen) atoms. The molecule has 214 valence electrons. The molecule has 4 amide bonds. The molecule has 4 aromatic carbocycles. The Bertz CT molecular complexity index is 1880. The fourth-order valence-corrected chi connectivity index (χ4v) is 6.17. The third kappa shape index (κ3) is 4.41. The van der Waals surface area contributed by atoms with Gasteiger partial charge in [0.2, 0.25) is 0 Å². The number of para-hydroxylation sites is 2. The monoisotopic (exact) mass is 574 g/mol. The summed E-state index contributed by atoms with van der Waals surface area (Å²) in [6.07, 6.45) is 0.339. The van der Waals surface area contributed by atoms with Gasteiger partial charge in [-0.2, -0.15) is 0 Å². The van der Waals surface area contributed by atoms with Crippen LogP contribution in [0.1, 0.15) is 38.8 Å². The van der Waals surface area contributed by atoms with Crippen LogP contribution in [0, 0.1) is 5.82 Å². The fraction of sp³-hybridized carbons (Fsp3) is 0.147. The molecule has 0 aliphatic carbocycles. The molecule has 1 fully saturated rings. The van der Waals surface area contributed by atoms with Crippen LogP contribution in [0.4, 0.5) is 14.9 Å². The molecule has 1 aromatic heterocycles. The zero-order valence-electron chi connectivity index (χ0n) is 23.2. The highest BCUT2D eigenvalue weighted by molar-refractivity contribution is 6.24. The van der Waals surface area contributed by atoms with Crippen LogP contribution < -0.4 is 15.0 Å². The lowest BCUT2D eigenvalue weighted by Crippen LogP contribution is -2.44. The van der Waals surface area contributed by atoms with Crippen molar-refractivity contribution in [2.45, 2.75) is 25.0 Å². The van der Waals surface area contributed by atoms with Crippen molar-refractivity contribution < 1.29 is 23.5 Å². The van der Waals surface area contributed by atoms with Gasteiger partial charge in [0.1, 0.15) is 23.7 Å². The highest BCUT2D eigenvalue weighted by Crippen LogP contribution is 2.45. The minimum atomic E-state index is -0.762. The SMILES string of the molecule is COc1ccc([C@H]2c3[nH]c4ccccc4c3C[C@H]3C(=O)N(c4ccccc4C(=O)NCc4ccc(F)cc4)C(=O)N23)cc1. The summed E-state index contributed by atoms with van der Waals surface area (Å²) in [5.74, 6) is -0.527. The maximum atomic E-state index is 14.3. The molecule has 5 aromatic rings. The molecule has 2 aliphatic rings. The Kier molecular flexibility index (Phi) is 6.42. The Morgan fingerprint density at radius 2 is 1.67 bits per heavy atom. The molecule has 1 saturated heterocycles. The number of halogens is 1. The van der Waals surface area contributed by atoms with Crippen molar-refractivity contribution in [2.24, 2.45) is 0 Å². The van der Waals surface area contributed by atoms with Crippen molar-refractivity contribution in [3.63, 3.8) is 0 Å². The number of fused-ring (bicyclic) bond motifs is 4. The summed E-state index contributed by atoms with van der Waals surface area (Å²) in [7, 11) is 1.59. The lowest BCUT2D eigenvalue weighted by atomic mass is 9.89. The number of urea groups is 1. The molecule has 0 unspecified atom stereocenters. The average Bonchev–Trinajstić information content (AvgIpc) is 3.53. The lowest BCUT2D eigenvalue weighted by Gasteiger charge is -2.36. The number of rotatable bonds is 6. The van der Waals surface area contributed by atoms with E-state index in [-0.39, 0.29) is 23.6 Å². The highest BCUT2D eigenvalue weighted by atomic mass is 19.1. The van der Waals surface area contributed by atoms with Gasteiger partial charge in [-0.3, -0.25) is 14.5 Å². The molecule has 2 N–H and O–H groups in total. The summed E-state index contributed by atoms with van der Waals surface area (Å²) in [4.78, 5) is 48.1. The molecular weight excluding hydrogens is 547 g/mol. The molecule has 7 rings (SSSR count). The van der Waals surface area contributed by atoms with Crippen molar-refractivity contribution in [3.05, 3.63) is 131 Å². The Balaban J connectivity index is 1.27. The Morgan fingerprint density at radius 3 is 2.44 bits per heavy atom. The second kappa shape index (κ2) is 10.4. The molecule has 9 heteroatoms. The third-order valence-electron chi connectivity index (χ3n) is 8.24. The Hall–Kier alpha value is -5.44. The van der Waals surface area contributed by atoms with Gasteiger partial charge in [-0.05, 0) is 59.2 Å². The summed E-state index contributed by atoms with van der Waals surface area (Å²) in [5.41, 5.74) is 4.73. The summed E-state index contributed by atoms with van der Waals surface area (Å²) >= 11 is 0. The largest absolute Gasteiger partial charge is 0.497 e. The molecule has 0 saturated carbocycles. The molecule has 3 heterocycles. The van der Waals surface area contributed by atoms with Gasteiger partial charge in [0.25, 0.3) is 11.8 Å². The van der Waals surface area contributed by atoms with Crippen LogP contribution in [-0.2, 0) is 17.8 Å². The smallest absolute Gasteiger partial charge is 0.332 e. The highest BCUT2D eigenvalue weighted by Gasteiger charge is 2.53. The molecule has 2 atom stereocenters. The minimum absolute atomic E-state index is 0.158. The number of imide groups is 1. The first-order valence-corrected chi connectivity index (χ1v) is 14.0. The van der Waals surface area contributed by atoms with Crippen molar-refractivity contribution >= 4 is 34.4 Å². The first-order chi connectivity index (χ1) is 20.9. The predicted octanol–water partition coefficient (Wildman–Crippen LogP) is 5.73. The second-order valence-corrected chi connectivity index (χ2v) is 10.6. The van der Waals surface area contributed by atoms with E-state index in [1.165, 1.54) is 12.1 Å². The topological polar surface area (TPSA) is 94.7 Å². The van der Waals surface area contributed by atoms with E-state index < -0.39 is 29.9 Å². The van der Waals surface area contributed by atoms with Crippen LogP contribution >= 0.6 is 0 Å². The Labute approximate surface area is 246 Å². The van der Waals surface area contributed by atoms with Gasteiger partial charge in [0.05, 0.1) is 18.4 Å². The number of nitrogens with zero attached hydrogens (tertiary/aromatic N) is 2. The number of hydrogen-bond donors (Lipinski definition) is 2. The number of carbonyl (C=O) groups excluding carboxylic acids is 3. The molecule has 8 nitrogen and oxygen atoms in total. The average molecular weight is 575 g/mol. The van der Waals surface area contributed by atoms with Crippen molar-refractivity contribution in [3.8, 4) is 5.75 Å². The molecule has 0 bridgehead atoms. The fourth-order valence-electron chi connectivity index (χ4n) is 6.17. The van der Waals surface area contributed by atoms with Crippen LogP contribution in [0.15, 0.2) is 97.1 Å². The van der Waals surface area contributed by atoms with Crippen LogP contribution in [-0.4, -0.2) is 40.9 Å². The van der Waals surface area contributed by atoms with Gasteiger partial charge >= 0.3 is 6.03 Å². The van der Waals surface area contributed by atoms with E-state index in [2.05, 4.69) is 10.3 Å². The molecule has 0 spiro atoms. The first kappa shape index (κ1) is 26.5. The number of amides is 4. The minimum Gasteiger partial charge on any atom is -0.497 e. The number of aromatic amines is 1. The zero-order valence-corrected chi connectivity index (χ0v) is 23.2. The number of ether oxygens (including phenoxy) is 1. The Morgan fingerprint density at radius 1 is 0.953 bits per heavy atom. The normalized spacial score (nSPS) is 17.6. The van der Waals surface area contributed by atoms with E-state index in [1.807, 2.05) is 48.5 Å². The number of nitrogens with one attached hydrogen (secondary N) is 2. The standard InChI is InChI=1S/C34H27FN4O4/c1-43-23-16-12-21(13-17-23)31-30-26(24-6-2-4-8-27(24)37-30)18-29-33(41)39(34(42)38(29)31)28-9-5-3-7-25(28)32(40)36-19-20-10-14-22(35)15-11-20/h2-17,29,31,37H,18-19H2,1H3,(H,36,40)/t29-,31-/m0/s1. The molecular formula is C34H27FN4O4. The summed E-state index contributed by atoms with van der Waals surface area (Å²) in [5, 5.41) is 3.83.